The summed E-state index contributed by atoms with van der Waals surface area (Å²) in [6.45, 7) is 1.99. The third-order valence-electron chi connectivity index (χ3n) is 3.15. The second-order valence-electron chi connectivity index (χ2n) is 4.40. The Balaban J connectivity index is 1.88. The van der Waals surface area contributed by atoms with Gasteiger partial charge in [-0.3, -0.25) is 0 Å². The van der Waals surface area contributed by atoms with Crippen molar-refractivity contribution in [1.29, 1.82) is 0 Å². The van der Waals surface area contributed by atoms with Crippen molar-refractivity contribution in [3.63, 3.8) is 0 Å². The van der Waals surface area contributed by atoms with Crippen molar-refractivity contribution in [2.75, 3.05) is 13.1 Å². The van der Waals surface area contributed by atoms with Gasteiger partial charge in [-0.2, -0.15) is 5.10 Å². The lowest BCUT2D eigenvalue weighted by molar-refractivity contribution is 0.444. The molecule has 18 heavy (non-hydrogen) atoms. The van der Waals surface area contributed by atoms with E-state index in [0.29, 0.717) is 11.7 Å². The average Bonchev–Trinajstić information content (AvgIpc) is 2.87. The van der Waals surface area contributed by atoms with E-state index in [1.807, 2.05) is 0 Å². The molecule has 0 aliphatic carbocycles. The first-order valence-electron chi connectivity index (χ1n) is 6.07. The van der Waals surface area contributed by atoms with Crippen LogP contribution in [-0.4, -0.2) is 32.8 Å². The molecular weight excluding hydrogens is 233 g/mol. The highest BCUT2D eigenvalue weighted by molar-refractivity contribution is 5.20. The zero-order chi connectivity index (χ0) is 12.4. The molecule has 0 amide bonds. The van der Waals surface area contributed by atoms with Gasteiger partial charge in [0.05, 0.1) is 12.4 Å². The Labute approximate surface area is 104 Å². The fraction of sp³-hybridized carbons (Fsp3) is 0.417. The number of aromatic nitrogens is 4. The summed E-state index contributed by atoms with van der Waals surface area (Å²) < 4.78 is 14.4. The largest absolute Gasteiger partial charge is 0.317 e. The molecule has 6 heteroatoms. The summed E-state index contributed by atoms with van der Waals surface area (Å²) in [5.74, 6) is 1.45. The van der Waals surface area contributed by atoms with Crippen LogP contribution < -0.4 is 5.32 Å². The molecule has 0 spiro atoms. The third kappa shape index (κ3) is 2.24. The fourth-order valence-corrected chi connectivity index (χ4v) is 2.19. The van der Waals surface area contributed by atoms with Gasteiger partial charge < -0.3 is 5.32 Å². The third-order valence-corrected chi connectivity index (χ3v) is 3.15. The van der Waals surface area contributed by atoms with E-state index in [-0.39, 0.29) is 5.82 Å². The first-order chi connectivity index (χ1) is 8.83. The minimum absolute atomic E-state index is 0.364. The van der Waals surface area contributed by atoms with E-state index in [1.54, 1.807) is 12.3 Å². The van der Waals surface area contributed by atoms with Crippen molar-refractivity contribution in [1.82, 2.24) is 25.1 Å². The number of nitrogens with one attached hydrogen (secondary N) is 1. The topological polar surface area (TPSA) is 55.6 Å². The second kappa shape index (κ2) is 4.81. The smallest absolute Gasteiger partial charge is 0.161 e. The van der Waals surface area contributed by atoms with E-state index >= 15 is 0 Å². The van der Waals surface area contributed by atoms with Gasteiger partial charge in [0.15, 0.2) is 11.6 Å². The lowest BCUT2D eigenvalue weighted by Crippen LogP contribution is -2.27. The van der Waals surface area contributed by atoms with Crippen LogP contribution in [0.4, 0.5) is 4.39 Å². The molecule has 3 rings (SSSR count). The van der Waals surface area contributed by atoms with Gasteiger partial charge in [-0.15, -0.1) is 0 Å². The van der Waals surface area contributed by atoms with Crippen LogP contribution in [-0.2, 0) is 0 Å². The Morgan fingerprint density at radius 2 is 2.17 bits per heavy atom. The quantitative estimate of drug-likeness (QED) is 0.868. The lowest BCUT2D eigenvalue weighted by Gasteiger charge is -2.21. The van der Waals surface area contributed by atoms with E-state index in [2.05, 4.69) is 20.4 Å². The van der Waals surface area contributed by atoms with Gasteiger partial charge in [0, 0.05) is 18.2 Å². The van der Waals surface area contributed by atoms with Gasteiger partial charge in [0.2, 0.25) is 0 Å². The maximum Gasteiger partial charge on any atom is 0.161 e. The molecular formula is C12H14FN5. The monoisotopic (exact) mass is 247 g/mol. The van der Waals surface area contributed by atoms with Gasteiger partial charge in [0.1, 0.15) is 5.82 Å². The normalized spacial score (nSPS) is 16.9. The summed E-state index contributed by atoms with van der Waals surface area (Å²) >= 11 is 0. The zero-order valence-electron chi connectivity index (χ0n) is 9.88. The molecule has 0 bridgehead atoms. The standard InChI is InChI=1S/C12H14FN5/c13-10-7-16-18(8-10)11-3-6-15-12(17-11)9-1-4-14-5-2-9/h3,6-9,14H,1-2,4-5H2. The predicted octanol–water partition coefficient (Wildman–Crippen LogP) is 1.27. The van der Waals surface area contributed by atoms with Gasteiger partial charge in [0.25, 0.3) is 0 Å². The molecule has 5 nitrogen and oxygen atoms in total. The van der Waals surface area contributed by atoms with Crippen LogP contribution in [0, 0.1) is 5.82 Å². The fourth-order valence-electron chi connectivity index (χ4n) is 2.19. The highest BCUT2D eigenvalue weighted by Gasteiger charge is 2.18. The van der Waals surface area contributed by atoms with Crippen molar-refractivity contribution in [2.24, 2.45) is 0 Å². The molecule has 1 saturated heterocycles. The van der Waals surface area contributed by atoms with Crippen molar-refractivity contribution in [3.8, 4) is 5.82 Å². The van der Waals surface area contributed by atoms with Crippen molar-refractivity contribution >= 4 is 0 Å². The molecule has 3 heterocycles. The van der Waals surface area contributed by atoms with Gasteiger partial charge >= 0.3 is 0 Å². The molecule has 2 aromatic rings. The van der Waals surface area contributed by atoms with Gasteiger partial charge in [-0.05, 0) is 25.9 Å². The SMILES string of the molecule is Fc1cnn(-c2ccnc(C3CCNCC3)n2)c1. The summed E-state index contributed by atoms with van der Waals surface area (Å²) in [4.78, 5) is 8.80. The van der Waals surface area contributed by atoms with Crippen LogP contribution in [0.15, 0.2) is 24.7 Å². The van der Waals surface area contributed by atoms with E-state index in [4.69, 9.17) is 0 Å². The number of halogens is 1. The molecule has 0 atom stereocenters. The molecule has 2 aromatic heterocycles. The molecule has 0 saturated carbocycles. The summed E-state index contributed by atoms with van der Waals surface area (Å²) in [6, 6.07) is 1.73. The molecule has 1 aliphatic rings. The molecule has 0 radical (unpaired) electrons. The molecule has 1 fully saturated rings. The number of hydrogen-bond acceptors (Lipinski definition) is 4. The summed E-state index contributed by atoms with van der Waals surface area (Å²) in [5.41, 5.74) is 0. The summed E-state index contributed by atoms with van der Waals surface area (Å²) in [5, 5.41) is 7.22. The first kappa shape index (κ1) is 11.3. The van der Waals surface area contributed by atoms with Crippen LogP contribution in [0.3, 0.4) is 0 Å². The van der Waals surface area contributed by atoms with Gasteiger partial charge in [-0.1, -0.05) is 0 Å². The van der Waals surface area contributed by atoms with Gasteiger partial charge in [-0.25, -0.2) is 19.0 Å². The van der Waals surface area contributed by atoms with E-state index in [1.165, 1.54) is 17.1 Å². The van der Waals surface area contributed by atoms with Crippen LogP contribution in [0.2, 0.25) is 0 Å². The molecule has 1 aliphatic heterocycles. The highest BCUT2D eigenvalue weighted by Crippen LogP contribution is 2.22. The Bertz CT molecular complexity index is 533. The van der Waals surface area contributed by atoms with Crippen LogP contribution in [0.25, 0.3) is 5.82 Å². The maximum atomic E-state index is 12.9. The second-order valence-corrected chi connectivity index (χ2v) is 4.40. The van der Waals surface area contributed by atoms with Crippen LogP contribution >= 0.6 is 0 Å². The lowest BCUT2D eigenvalue weighted by atomic mass is 9.97. The van der Waals surface area contributed by atoms with Crippen LogP contribution in [0.5, 0.6) is 0 Å². The Morgan fingerprint density at radius 1 is 1.33 bits per heavy atom. The van der Waals surface area contributed by atoms with Crippen LogP contribution in [0.1, 0.15) is 24.6 Å². The minimum atomic E-state index is -0.364. The molecule has 1 N–H and O–H groups in total. The maximum absolute atomic E-state index is 12.9. The van der Waals surface area contributed by atoms with Crippen molar-refractivity contribution in [2.45, 2.75) is 18.8 Å². The zero-order valence-corrected chi connectivity index (χ0v) is 9.88. The molecule has 0 unspecified atom stereocenters. The number of rotatable bonds is 2. The number of hydrogen-bond donors (Lipinski definition) is 1. The van der Waals surface area contributed by atoms with Crippen molar-refractivity contribution < 1.29 is 4.39 Å². The first-order valence-corrected chi connectivity index (χ1v) is 6.07. The summed E-state index contributed by atoms with van der Waals surface area (Å²) in [6.07, 6.45) is 6.27. The molecule has 0 aromatic carbocycles. The number of nitrogens with zero attached hydrogens (tertiary/aromatic N) is 4. The van der Waals surface area contributed by atoms with E-state index < -0.39 is 0 Å². The van der Waals surface area contributed by atoms with E-state index in [9.17, 15) is 4.39 Å². The average molecular weight is 247 g/mol. The highest BCUT2D eigenvalue weighted by atomic mass is 19.1. The van der Waals surface area contributed by atoms with E-state index in [0.717, 1.165) is 31.8 Å². The predicted molar refractivity (Wildman–Crippen MR) is 64.0 cm³/mol. The number of piperidine rings is 1. The Hall–Kier alpha value is -1.82. The minimum Gasteiger partial charge on any atom is -0.317 e. The summed E-state index contributed by atoms with van der Waals surface area (Å²) in [7, 11) is 0. The Morgan fingerprint density at radius 3 is 2.89 bits per heavy atom. The Kier molecular flexibility index (Phi) is 3.02. The molecule has 94 valence electrons. The van der Waals surface area contributed by atoms with Crippen molar-refractivity contribution in [3.05, 3.63) is 36.3 Å².